The van der Waals surface area contributed by atoms with Crippen molar-refractivity contribution >= 4 is 35.8 Å². The molecular formula is C21H31IN6O. The smallest absolute Gasteiger partial charge is 0.222 e. The first-order valence-electron chi connectivity index (χ1n) is 9.98. The molecule has 7 nitrogen and oxygen atoms in total. The zero-order valence-corrected chi connectivity index (χ0v) is 19.5. The van der Waals surface area contributed by atoms with Crippen LogP contribution in [0.1, 0.15) is 36.8 Å². The van der Waals surface area contributed by atoms with Crippen LogP contribution in [-0.2, 0) is 18.4 Å². The molecule has 2 N–H and O–H groups in total. The zero-order valence-electron chi connectivity index (χ0n) is 17.2. The Labute approximate surface area is 190 Å². The zero-order chi connectivity index (χ0) is 19.8. The summed E-state index contributed by atoms with van der Waals surface area (Å²) in [5.74, 6) is 1.40. The van der Waals surface area contributed by atoms with Gasteiger partial charge in [-0.25, -0.2) is 0 Å². The quantitative estimate of drug-likeness (QED) is 0.341. The predicted molar refractivity (Wildman–Crippen MR) is 126 cm³/mol. The summed E-state index contributed by atoms with van der Waals surface area (Å²) >= 11 is 0. The number of aromatic nitrogens is 2. The first-order chi connectivity index (χ1) is 13.7. The standard InChI is InChI=1S/C21H30N6O.HI/c1-3-22-21(27-12-10-18(16-27)19-14-25-26(2)15-19)23-11-9-20(28)24-13-17-7-5-4-6-8-17;/h4-8,14-15,18H,3,9-13,16H2,1-2H3,(H,22,23)(H,24,28);1H. The van der Waals surface area contributed by atoms with Crippen molar-refractivity contribution in [2.75, 3.05) is 26.2 Å². The number of hydrogen-bond donors (Lipinski definition) is 2. The van der Waals surface area contributed by atoms with Crippen LogP contribution >= 0.6 is 24.0 Å². The van der Waals surface area contributed by atoms with E-state index in [0.717, 1.165) is 37.6 Å². The first kappa shape index (κ1) is 23.2. The number of nitrogens with one attached hydrogen (secondary N) is 2. The Morgan fingerprint density at radius 2 is 2.07 bits per heavy atom. The predicted octanol–water partition coefficient (Wildman–Crippen LogP) is 2.50. The number of aryl methyl sites for hydroxylation is 1. The van der Waals surface area contributed by atoms with Gasteiger partial charge in [-0.3, -0.25) is 14.5 Å². The van der Waals surface area contributed by atoms with Gasteiger partial charge in [-0.1, -0.05) is 30.3 Å². The number of carbonyl (C=O) groups is 1. The molecule has 1 fully saturated rings. The van der Waals surface area contributed by atoms with Crippen molar-refractivity contribution in [1.82, 2.24) is 25.3 Å². The fourth-order valence-corrected chi connectivity index (χ4v) is 3.45. The van der Waals surface area contributed by atoms with E-state index in [2.05, 4.69) is 38.7 Å². The maximum atomic E-state index is 12.1. The molecule has 1 unspecified atom stereocenters. The van der Waals surface area contributed by atoms with Crippen LogP contribution in [0.5, 0.6) is 0 Å². The van der Waals surface area contributed by atoms with Gasteiger partial charge in [0.05, 0.1) is 12.7 Å². The molecule has 158 valence electrons. The number of hydrogen-bond acceptors (Lipinski definition) is 3. The van der Waals surface area contributed by atoms with Gasteiger partial charge in [0.1, 0.15) is 0 Å². The summed E-state index contributed by atoms with van der Waals surface area (Å²) < 4.78 is 1.85. The highest BCUT2D eigenvalue weighted by Crippen LogP contribution is 2.26. The molecule has 1 aliphatic heterocycles. The Morgan fingerprint density at radius 3 is 2.76 bits per heavy atom. The van der Waals surface area contributed by atoms with Crippen LogP contribution in [-0.4, -0.2) is 52.7 Å². The van der Waals surface area contributed by atoms with E-state index in [9.17, 15) is 4.79 Å². The van der Waals surface area contributed by atoms with Crippen LogP contribution in [0, 0.1) is 0 Å². The second-order valence-corrected chi connectivity index (χ2v) is 7.13. The fraction of sp³-hybridized carbons (Fsp3) is 0.476. The summed E-state index contributed by atoms with van der Waals surface area (Å²) in [5, 5.41) is 10.6. The number of likely N-dealkylation sites (tertiary alicyclic amines) is 1. The normalized spacial score (nSPS) is 16.4. The SMILES string of the molecule is CCNC(=NCCC(=O)NCc1ccccc1)N1CCC(c2cnn(C)c2)C1.I. The third kappa shape index (κ3) is 7.02. The van der Waals surface area contributed by atoms with Gasteiger partial charge < -0.3 is 15.5 Å². The lowest BCUT2D eigenvalue weighted by atomic mass is 10.0. The van der Waals surface area contributed by atoms with Gasteiger partial charge in [-0.2, -0.15) is 5.10 Å². The Hall–Kier alpha value is -2.10. The summed E-state index contributed by atoms with van der Waals surface area (Å²) in [6, 6.07) is 9.94. The Balaban J connectivity index is 0.00000300. The molecule has 0 aliphatic carbocycles. The largest absolute Gasteiger partial charge is 0.357 e. The highest BCUT2D eigenvalue weighted by molar-refractivity contribution is 14.0. The molecule has 1 aromatic carbocycles. The number of amides is 1. The Kier molecular flexibility index (Phi) is 9.43. The van der Waals surface area contributed by atoms with E-state index in [4.69, 9.17) is 0 Å². The average molecular weight is 510 g/mol. The number of benzene rings is 1. The molecule has 3 rings (SSSR count). The van der Waals surface area contributed by atoms with Gasteiger partial charge in [-0.15, -0.1) is 24.0 Å². The van der Waals surface area contributed by atoms with Crippen LogP contribution in [0.15, 0.2) is 47.7 Å². The van der Waals surface area contributed by atoms with Gasteiger partial charge in [0.25, 0.3) is 0 Å². The molecule has 0 bridgehead atoms. The lowest BCUT2D eigenvalue weighted by Gasteiger charge is -2.21. The van der Waals surface area contributed by atoms with E-state index in [1.54, 1.807) is 0 Å². The molecule has 8 heteroatoms. The Morgan fingerprint density at radius 1 is 1.28 bits per heavy atom. The summed E-state index contributed by atoms with van der Waals surface area (Å²) in [6.45, 7) is 5.81. The number of guanidine groups is 1. The van der Waals surface area contributed by atoms with Crippen molar-refractivity contribution in [3.63, 3.8) is 0 Å². The van der Waals surface area contributed by atoms with Crippen LogP contribution in [0.3, 0.4) is 0 Å². The average Bonchev–Trinajstić information content (AvgIpc) is 3.35. The molecule has 1 aromatic heterocycles. The Bertz CT molecular complexity index is 791. The second-order valence-electron chi connectivity index (χ2n) is 7.13. The molecule has 1 aliphatic rings. The van der Waals surface area contributed by atoms with Crippen molar-refractivity contribution in [1.29, 1.82) is 0 Å². The summed E-state index contributed by atoms with van der Waals surface area (Å²) in [4.78, 5) is 19.0. The molecule has 1 atom stereocenters. The second kappa shape index (κ2) is 11.8. The van der Waals surface area contributed by atoms with E-state index in [1.165, 1.54) is 5.56 Å². The molecule has 2 heterocycles. The number of rotatable bonds is 7. The number of aliphatic imine (C=N–C) groups is 1. The van der Waals surface area contributed by atoms with Gasteiger partial charge >= 0.3 is 0 Å². The fourth-order valence-electron chi connectivity index (χ4n) is 3.45. The number of halogens is 1. The summed E-state index contributed by atoms with van der Waals surface area (Å²) in [7, 11) is 1.95. The number of carbonyl (C=O) groups excluding carboxylic acids is 1. The summed E-state index contributed by atoms with van der Waals surface area (Å²) in [6.07, 6.45) is 5.53. The van der Waals surface area contributed by atoms with Crippen molar-refractivity contribution in [3.8, 4) is 0 Å². The minimum atomic E-state index is 0. The molecular weight excluding hydrogens is 479 g/mol. The van der Waals surface area contributed by atoms with Crippen LogP contribution in [0.2, 0.25) is 0 Å². The number of nitrogens with zero attached hydrogens (tertiary/aromatic N) is 4. The lowest BCUT2D eigenvalue weighted by Crippen LogP contribution is -2.40. The molecule has 0 spiro atoms. The van der Waals surface area contributed by atoms with Gasteiger partial charge in [0, 0.05) is 51.8 Å². The van der Waals surface area contributed by atoms with E-state index in [0.29, 0.717) is 25.4 Å². The van der Waals surface area contributed by atoms with Crippen molar-refractivity contribution in [2.24, 2.45) is 12.0 Å². The lowest BCUT2D eigenvalue weighted by molar-refractivity contribution is -0.121. The van der Waals surface area contributed by atoms with Gasteiger partial charge in [-0.05, 0) is 24.5 Å². The molecule has 0 saturated carbocycles. The summed E-state index contributed by atoms with van der Waals surface area (Å²) in [5.41, 5.74) is 2.38. The maximum Gasteiger partial charge on any atom is 0.222 e. The van der Waals surface area contributed by atoms with E-state index >= 15 is 0 Å². The van der Waals surface area contributed by atoms with Crippen LogP contribution in [0.4, 0.5) is 0 Å². The van der Waals surface area contributed by atoms with Gasteiger partial charge in [0.15, 0.2) is 5.96 Å². The first-order valence-corrected chi connectivity index (χ1v) is 9.98. The van der Waals surface area contributed by atoms with E-state index < -0.39 is 0 Å². The highest BCUT2D eigenvalue weighted by atomic mass is 127. The molecule has 29 heavy (non-hydrogen) atoms. The third-order valence-corrected chi connectivity index (χ3v) is 4.95. The van der Waals surface area contributed by atoms with E-state index in [-0.39, 0.29) is 29.9 Å². The van der Waals surface area contributed by atoms with Gasteiger partial charge in [0.2, 0.25) is 5.91 Å². The molecule has 2 aromatic rings. The minimum absolute atomic E-state index is 0. The minimum Gasteiger partial charge on any atom is -0.357 e. The maximum absolute atomic E-state index is 12.1. The van der Waals surface area contributed by atoms with Crippen molar-refractivity contribution in [3.05, 3.63) is 53.9 Å². The van der Waals surface area contributed by atoms with Crippen LogP contribution < -0.4 is 10.6 Å². The van der Waals surface area contributed by atoms with E-state index in [1.807, 2.05) is 48.3 Å². The monoisotopic (exact) mass is 510 g/mol. The van der Waals surface area contributed by atoms with Crippen LogP contribution in [0.25, 0.3) is 0 Å². The third-order valence-electron chi connectivity index (χ3n) is 4.95. The highest BCUT2D eigenvalue weighted by Gasteiger charge is 2.26. The topological polar surface area (TPSA) is 74.6 Å². The van der Waals surface area contributed by atoms with Crippen molar-refractivity contribution < 1.29 is 4.79 Å². The van der Waals surface area contributed by atoms with Crippen molar-refractivity contribution in [2.45, 2.75) is 32.2 Å². The molecule has 1 saturated heterocycles. The molecule has 1 amide bonds. The molecule has 0 radical (unpaired) electrons.